The third-order valence-electron chi connectivity index (χ3n) is 6.40. The zero-order chi connectivity index (χ0) is 21.6. The summed E-state index contributed by atoms with van der Waals surface area (Å²) in [4.78, 5) is 2.50. The summed E-state index contributed by atoms with van der Waals surface area (Å²) in [6.07, 6.45) is 2.76. The second-order valence-electron chi connectivity index (χ2n) is 8.54. The number of aliphatic hydroxyl groups is 1. The van der Waals surface area contributed by atoms with Gasteiger partial charge < -0.3 is 25.1 Å². The summed E-state index contributed by atoms with van der Waals surface area (Å²) >= 11 is 0. The van der Waals surface area contributed by atoms with Gasteiger partial charge in [-0.25, -0.2) is 0 Å². The molecule has 2 aromatic carbocycles. The summed E-state index contributed by atoms with van der Waals surface area (Å²) in [5.41, 5.74) is 9.87. The van der Waals surface area contributed by atoms with Gasteiger partial charge in [0.2, 0.25) is 0 Å². The fourth-order valence-electron chi connectivity index (χ4n) is 4.62. The number of likely N-dealkylation sites (tertiary alicyclic amines) is 1. The second kappa shape index (κ2) is 10.7. The van der Waals surface area contributed by atoms with Gasteiger partial charge in [0.15, 0.2) is 6.29 Å². The first kappa shape index (κ1) is 22.4. The fraction of sp³-hybridized carbons (Fsp3) is 0.520. The third-order valence-corrected chi connectivity index (χ3v) is 6.40. The molecular formula is C25H34N2O4. The number of ether oxygens (including phenoxy) is 3. The van der Waals surface area contributed by atoms with Crippen LogP contribution < -0.4 is 5.73 Å². The van der Waals surface area contributed by atoms with Crippen LogP contribution in [0.3, 0.4) is 0 Å². The minimum Gasteiger partial charge on any atom is -0.392 e. The molecule has 2 aliphatic rings. The highest BCUT2D eigenvalue weighted by atomic mass is 16.7. The van der Waals surface area contributed by atoms with Crippen molar-refractivity contribution in [2.24, 2.45) is 5.73 Å². The Bertz CT molecular complexity index is 756. The second-order valence-corrected chi connectivity index (χ2v) is 8.54. The number of hydrogen-bond donors (Lipinski definition) is 2. The Hall–Kier alpha value is -1.80. The molecule has 0 aliphatic carbocycles. The topological polar surface area (TPSA) is 77.2 Å². The van der Waals surface area contributed by atoms with Gasteiger partial charge in [0.05, 0.1) is 25.4 Å². The lowest BCUT2D eigenvalue weighted by Crippen LogP contribution is -2.42. The molecule has 6 nitrogen and oxygen atoms in total. The molecule has 0 saturated carbocycles. The predicted molar refractivity (Wildman–Crippen MR) is 119 cm³/mol. The summed E-state index contributed by atoms with van der Waals surface area (Å²) in [5, 5.41) is 9.37. The molecule has 4 atom stereocenters. The number of hydrogen-bond acceptors (Lipinski definition) is 6. The van der Waals surface area contributed by atoms with Crippen molar-refractivity contribution in [3.63, 3.8) is 0 Å². The van der Waals surface area contributed by atoms with E-state index in [2.05, 4.69) is 17.0 Å². The Kier molecular flexibility index (Phi) is 7.72. The Morgan fingerprint density at radius 3 is 2.42 bits per heavy atom. The van der Waals surface area contributed by atoms with E-state index in [0.29, 0.717) is 12.6 Å². The van der Waals surface area contributed by atoms with Crippen molar-refractivity contribution in [3.05, 3.63) is 70.8 Å². The summed E-state index contributed by atoms with van der Waals surface area (Å²) in [5.74, 6) is 0. The van der Waals surface area contributed by atoms with E-state index < -0.39 is 6.29 Å². The van der Waals surface area contributed by atoms with E-state index in [1.54, 1.807) is 7.11 Å². The van der Waals surface area contributed by atoms with Crippen molar-refractivity contribution in [3.8, 4) is 0 Å². The van der Waals surface area contributed by atoms with Gasteiger partial charge in [0, 0.05) is 38.2 Å². The van der Waals surface area contributed by atoms with Crippen LogP contribution in [0, 0.1) is 0 Å². The molecule has 168 valence electrons. The summed E-state index contributed by atoms with van der Waals surface area (Å²) < 4.78 is 18.3. The molecule has 2 heterocycles. The first-order valence-corrected chi connectivity index (χ1v) is 11.2. The van der Waals surface area contributed by atoms with Crippen molar-refractivity contribution in [1.82, 2.24) is 4.90 Å². The molecule has 4 rings (SSSR count). The molecule has 0 spiro atoms. The highest BCUT2D eigenvalue weighted by Crippen LogP contribution is 2.38. The number of nitrogens with zero attached hydrogens (tertiary/aromatic N) is 1. The molecular weight excluding hydrogens is 392 g/mol. The van der Waals surface area contributed by atoms with Crippen LogP contribution >= 0.6 is 0 Å². The van der Waals surface area contributed by atoms with Crippen LogP contribution in [0.4, 0.5) is 0 Å². The molecule has 3 N–H and O–H groups in total. The van der Waals surface area contributed by atoms with Crippen molar-refractivity contribution in [2.45, 2.75) is 57.0 Å². The lowest BCUT2D eigenvalue weighted by Gasteiger charge is -2.38. The van der Waals surface area contributed by atoms with E-state index in [1.165, 1.54) is 12.8 Å². The zero-order valence-electron chi connectivity index (χ0n) is 18.3. The highest BCUT2D eigenvalue weighted by Gasteiger charge is 2.35. The van der Waals surface area contributed by atoms with Gasteiger partial charge in [-0.15, -0.1) is 0 Å². The maximum Gasteiger partial charge on any atom is 0.184 e. The SMILES string of the molecule is COC[C@@H]1CCCN1C[C@@H]1C[C@H](c2ccc(CO)cc2)O[C@H](c2ccc(CN)cc2)O1. The monoisotopic (exact) mass is 426 g/mol. The van der Waals surface area contributed by atoms with E-state index in [4.69, 9.17) is 19.9 Å². The zero-order valence-corrected chi connectivity index (χ0v) is 18.3. The fourth-order valence-corrected chi connectivity index (χ4v) is 4.62. The minimum atomic E-state index is -0.420. The van der Waals surface area contributed by atoms with E-state index in [1.807, 2.05) is 36.4 Å². The summed E-state index contributed by atoms with van der Waals surface area (Å²) in [6, 6.07) is 16.6. The van der Waals surface area contributed by atoms with Gasteiger partial charge in [-0.3, -0.25) is 4.90 Å². The first-order valence-electron chi connectivity index (χ1n) is 11.2. The van der Waals surface area contributed by atoms with Crippen LogP contribution in [-0.4, -0.2) is 49.0 Å². The van der Waals surface area contributed by atoms with Crippen LogP contribution in [0.1, 0.15) is 53.9 Å². The predicted octanol–water partition coefficient (Wildman–Crippen LogP) is 3.29. The van der Waals surface area contributed by atoms with Gasteiger partial charge in [0.25, 0.3) is 0 Å². The normalized spacial score (nSPS) is 26.9. The number of benzene rings is 2. The minimum absolute atomic E-state index is 0.0451. The van der Waals surface area contributed by atoms with E-state index in [9.17, 15) is 5.11 Å². The number of nitrogens with two attached hydrogens (primary N) is 1. The quantitative estimate of drug-likeness (QED) is 0.675. The van der Waals surface area contributed by atoms with Gasteiger partial charge >= 0.3 is 0 Å². The van der Waals surface area contributed by atoms with E-state index in [0.717, 1.165) is 48.4 Å². The molecule has 6 heteroatoms. The van der Waals surface area contributed by atoms with Gasteiger partial charge in [0.1, 0.15) is 0 Å². The Labute approximate surface area is 184 Å². The Balaban J connectivity index is 1.53. The molecule has 2 fully saturated rings. The Morgan fingerprint density at radius 1 is 1.03 bits per heavy atom. The van der Waals surface area contributed by atoms with Crippen molar-refractivity contribution >= 4 is 0 Å². The molecule has 31 heavy (non-hydrogen) atoms. The first-order chi connectivity index (χ1) is 15.2. The molecule has 0 aromatic heterocycles. The third kappa shape index (κ3) is 5.52. The largest absolute Gasteiger partial charge is 0.392 e. The van der Waals surface area contributed by atoms with E-state index in [-0.39, 0.29) is 18.8 Å². The molecule has 0 bridgehead atoms. The lowest BCUT2D eigenvalue weighted by atomic mass is 9.99. The van der Waals surface area contributed by atoms with Gasteiger partial charge in [-0.2, -0.15) is 0 Å². The smallest absolute Gasteiger partial charge is 0.184 e. The average Bonchev–Trinajstić information content (AvgIpc) is 3.25. The van der Waals surface area contributed by atoms with Crippen molar-refractivity contribution < 1.29 is 19.3 Å². The number of methoxy groups -OCH3 is 1. The van der Waals surface area contributed by atoms with Crippen LogP contribution in [0.5, 0.6) is 0 Å². The molecule has 2 aliphatic heterocycles. The standard InChI is InChI=1S/C25H34N2O4/c1-29-17-22-3-2-12-27(22)15-23-13-24(20-8-6-19(16-28)7-9-20)31-25(30-23)21-10-4-18(14-26)5-11-21/h4-11,22-25,28H,2-3,12-17,26H2,1H3/t22-,23-,24+,25+/m0/s1. The molecule has 0 unspecified atom stereocenters. The van der Waals surface area contributed by atoms with Crippen LogP contribution in [0.25, 0.3) is 0 Å². The van der Waals surface area contributed by atoms with Crippen LogP contribution in [-0.2, 0) is 27.4 Å². The van der Waals surface area contributed by atoms with Crippen molar-refractivity contribution in [1.29, 1.82) is 0 Å². The van der Waals surface area contributed by atoms with Crippen LogP contribution in [0.2, 0.25) is 0 Å². The van der Waals surface area contributed by atoms with E-state index >= 15 is 0 Å². The molecule has 0 amide bonds. The maximum absolute atomic E-state index is 9.37. The highest BCUT2D eigenvalue weighted by molar-refractivity contribution is 5.26. The summed E-state index contributed by atoms with van der Waals surface area (Å²) in [7, 11) is 1.77. The van der Waals surface area contributed by atoms with Crippen molar-refractivity contribution in [2.75, 3.05) is 26.8 Å². The van der Waals surface area contributed by atoms with Crippen LogP contribution in [0.15, 0.2) is 48.5 Å². The van der Waals surface area contributed by atoms with Gasteiger partial charge in [-0.05, 0) is 36.1 Å². The molecule has 0 radical (unpaired) electrons. The number of aliphatic hydroxyl groups excluding tert-OH is 1. The lowest BCUT2D eigenvalue weighted by molar-refractivity contribution is -0.253. The average molecular weight is 427 g/mol. The Morgan fingerprint density at radius 2 is 1.74 bits per heavy atom. The molecule has 2 saturated heterocycles. The molecule has 2 aromatic rings. The van der Waals surface area contributed by atoms with Gasteiger partial charge in [-0.1, -0.05) is 48.5 Å². The summed E-state index contributed by atoms with van der Waals surface area (Å²) in [6.45, 7) is 3.29. The maximum atomic E-state index is 9.37. The number of rotatable bonds is 8.